The van der Waals surface area contributed by atoms with Crippen molar-refractivity contribution in [1.82, 2.24) is 0 Å². The molecule has 0 radical (unpaired) electrons. The van der Waals surface area contributed by atoms with Crippen LogP contribution in [-0.2, 0) is 23.7 Å². The summed E-state index contributed by atoms with van der Waals surface area (Å²) in [6.45, 7) is 0.0747. The Morgan fingerprint density at radius 3 is 2.13 bits per heavy atom. The number of benzene rings is 2. The molecular formula is C21H18FeO. The van der Waals surface area contributed by atoms with E-state index in [9.17, 15) is 5.11 Å². The summed E-state index contributed by atoms with van der Waals surface area (Å²) in [5, 5.41) is 11.9. The minimum absolute atomic E-state index is 0. The molecule has 1 N–H and O–H groups in total. The van der Waals surface area contributed by atoms with Gasteiger partial charge in [0.25, 0.3) is 0 Å². The van der Waals surface area contributed by atoms with Crippen LogP contribution in [0.4, 0.5) is 0 Å². The van der Waals surface area contributed by atoms with E-state index < -0.39 is 0 Å². The van der Waals surface area contributed by atoms with Gasteiger partial charge in [-0.15, -0.1) is 17.7 Å². The van der Waals surface area contributed by atoms with E-state index in [1.165, 1.54) is 16.3 Å². The molecule has 4 rings (SSSR count). The maximum Gasteiger partial charge on any atom is 2.00 e. The van der Waals surface area contributed by atoms with Crippen molar-refractivity contribution in [1.29, 1.82) is 0 Å². The van der Waals surface area contributed by atoms with Crippen LogP contribution in [0, 0.1) is 0 Å². The maximum atomic E-state index is 9.48. The van der Waals surface area contributed by atoms with Gasteiger partial charge >= 0.3 is 17.1 Å². The molecule has 0 aliphatic rings. The van der Waals surface area contributed by atoms with Gasteiger partial charge in [0.05, 0.1) is 0 Å². The van der Waals surface area contributed by atoms with Crippen LogP contribution >= 0.6 is 0 Å². The van der Waals surface area contributed by atoms with Crippen LogP contribution in [0.5, 0.6) is 0 Å². The molecule has 0 aromatic heterocycles. The summed E-state index contributed by atoms with van der Waals surface area (Å²) in [5.41, 5.74) is 3.30. The van der Waals surface area contributed by atoms with Gasteiger partial charge in [0.1, 0.15) is 0 Å². The summed E-state index contributed by atoms with van der Waals surface area (Å²) in [6.07, 6.45) is 0. The minimum Gasteiger partial charge on any atom is -0.399 e. The molecule has 0 atom stereocenters. The quantitative estimate of drug-likeness (QED) is 0.396. The standard InChI is InChI=1S/C16H13O.C5H5.Fe/c17-11-14-10-9-12-5-3-4-8-15(12)16(14)13-6-1-2-7-13;1-2-4-5-3-1;/h1-10,17H,11H2;1-5H;/q2*-1;+2. The van der Waals surface area contributed by atoms with Crippen molar-refractivity contribution in [3.8, 4) is 11.1 Å². The first-order valence-electron chi connectivity index (χ1n) is 7.40. The van der Waals surface area contributed by atoms with E-state index in [1.807, 2.05) is 60.7 Å². The van der Waals surface area contributed by atoms with E-state index in [-0.39, 0.29) is 23.7 Å². The molecule has 0 amide bonds. The molecule has 4 aromatic rings. The molecule has 0 heterocycles. The van der Waals surface area contributed by atoms with E-state index in [1.54, 1.807) is 0 Å². The third kappa shape index (κ3) is 4.00. The second-order valence-corrected chi connectivity index (χ2v) is 5.11. The molecule has 116 valence electrons. The third-order valence-corrected chi connectivity index (χ3v) is 3.69. The fraction of sp³-hybridized carbons (Fsp3) is 0.0476. The molecule has 4 aromatic carbocycles. The van der Waals surface area contributed by atoms with E-state index >= 15 is 0 Å². The fourth-order valence-electron chi connectivity index (χ4n) is 2.65. The third-order valence-electron chi connectivity index (χ3n) is 3.69. The molecule has 0 fully saturated rings. The van der Waals surface area contributed by atoms with E-state index in [2.05, 4.69) is 30.3 Å². The number of hydrogen-bond donors (Lipinski definition) is 1. The largest absolute Gasteiger partial charge is 2.00 e. The van der Waals surface area contributed by atoms with E-state index in [4.69, 9.17) is 0 Å². The summed E-state index contributed by atoms with van der Waals surface area (Å²) in [6, 6.07) is 30.6. The molecule has 1 nitrogen and oxygen atoms in total. The van der Waals surface area contributed by atoms with Gasteiger partial charge in [0.2, 0.25) is 0 Å². The predicted molar refractivity (Wildman–Crippen MR) is 92.9 cm³/mol. The Kier molecular flexibility index (Phi) is 6.37. The van der Waals surface area contributed by atoms with Crippen LogP contribution in [0.25, 0.3) is 21.9 Å². The van der Waals surface area contributed by atoms with Gasteiger partial charge in [0.15, 0.2) is 0 Å². The Balaban J connectivity index is 0.000000276. The van der Waals surface area contributed by atoms with Crippen LogP contribution < -0.4 is 0 Å². The van der Waals surface area contributed by atoms with Gasteiger partial charge in [0, 0.05) is 6.61 Å². The van der Waals surface area contributed by atoms with Gasteiger partial charge in [-0.2, -0.15) is 30.3 Å². The first-order chi connectivity index (χ1) is 10.9. The maximum absolute atomic E-state index is 9.48. The zero-order chi connectivity index (χ0) is 15.2. The average molecular weight is 342 g/mol. The number of hydrogen-bond acceptors (Lipinski definition) is 1. The van der Waals surface area contributed by atoms with Crippen molar-refractivity contribution in [2.24, 2.45) is 0 Å². The Labute approximate surface area is 147 Å². The van der Waals surface area contributed by atoms with Crippen LogP contribution in [0.3, 0.4) is 0 Å². The molecule has 2 heteroatoms. The Morgan fingerprint density at radius 2 is 1.52 bits per heavy atom. The molecule has 0 saturated heterocycles. The molecule has 0 spiro atoms. The Hall–Kier alpha value is -2.12. The zero-order valence-corrected chi connectivity index (χ0v) is 13.8. The molecule has 0 bridgehead atoms. The average Bonchev–Trinajstić information content (AvgIpc) is 3.29. The first kappa shape index (κ1) is 17.2. The van der Waals surface area contributed by atoms with E-state index in [0.29, 0.717) is 0 Å². The van der Waals surface area contributed by atoms with Gasteiger partial charge in [-0.1, -0.05) is 58.3 Å². The van der Waals surface area contributed by atoms with Gasteiger partial charge in [-0.05, 0) is 0 Å². The zero-order valence-electron chi connectivity index (χ0n) is 12.7. The molecular weight excluding hydrogens is 324 g/mol. The summed E-state index contributed by atoms with van der Waals surface area (Å²) in [7, 11) is 0. The van der Waals surface area contributed by atoms with Gasteiger partial charge in [-0.25, -0.2) is 12.1 Å². The smallest absolute Gasteiger partial charge is 0.399 e. The number of aliphatic hydroxyl groups is 1. The second kappa shape index (κ2) is 8.50. The second-order valence-electron chi connectivity index (χ2n) is 5.11. The summed E-state index contributed by atoms with van der Waals surface area (Å²) in [4.78, 5) is 0. The molecule has 0 aliphatic carbocycles. The van der Waals surface area contributed by atoms with Crippen molar-refractivity contribution < 1.29 is 22.2 Å². The Morgan fingerprint density at radius 1 is 0.826 bits per heavy atom. The molecule has 23 heavy (non-hydrogen) atoms. The summed E-state index contributed by atoms with van der Waals surface area (Å²) >= 11 is 0. The number of fused-ring (bicyclic) bond motifs is 1. The van der Waals surface area contributed by atoms with Crippen molar-refractivity contribution >= 4 is 10.8 Å². The van der Waals surface area contributed by atoms with Crippen LogP contribution in [0.15, 0.2) is 91.0 Å². The summed E-state index contributed by atoms with van der Waals surface area (Å²) in [5.74, 6) is 0. The Bertz CT molecular complexity index is 797. The van der Waals surface area contributed by atoms with Crippen LogP contribution in [-0.4, -0.2) is 5.11 Å². The molecule has 0 unspecified atom stereocenters. The van der Waals surface area contributed by atoms with Crippen LogP contribution in [0.2, 0.25) is 0 Å². The normalized spacial score (nSPS) is 9.78. The van der Waals surface area contributed by atoms with Crippen molar-refractivity contribution in [2.45, 2.75) is 6.61 Å². The predicted octanol–water partition coefficient (Wildman–Crippen LogP) is 5.12. The van der Waals surface area contributed by atoms with Gasteiger partial charge < -0.3 is 5.11 Å². The molecule has 0 saturated carbocycles. The van der Waals surface area contributed by atoms with Gasteiger partial charge in [-0.3, -0.25) is 0 Å². The minimum atomic E-state index is 0. The number of aliphatic hydroxyl groups excluding tert-OH is 1. The SMILES string of the molecule is OCc1ccc2ccccc2c1-[c-]1cccc1.[Fe+2].c1cc[cH-]c1. The van der Waals surface area contributed by atoms with E-state index in [0.717, 1.165) is 11.1 Å². The van der Waals surface area contributed by atoms with Crippen LogP contribution in [0.1, 0.15) is 5.56 Å². The summed E-state index contributed by atoms with van der Waals surface area (Å²) < 4.78 is 0. The van der Waals surface area contributed by atoms with Crippen molar-refractivity contribution in [2.75, 3.05) is 0 Å². The monoisotopic (exact) mass is 342 g/mol. The topological polar surface area (TPSA) is 20.2 Å². The molecule has 0 aliphatic heterocycles. The fourth-order valence-corrected chi connectivity index (χ4v) is 2.65. The number of rotatable bonds is 2. The first-order valence-corrected chi connectivity index (χ1v) is 7.40. The van der Waals surface area contributed by atoms with Crippen molar-refractivity contribution in [3.63, 3.8) is 0 Å². The van der Waals surface area contributed by atoms with Crippen molar-refractivity contribution in [3.05, 3.63) is 96.6 Å².